The Morgan fingerprint density at radius 1 is 1.40 bits per heavy atom. The molecule has 0 radical (unpaired) electrons. The van der Waals surface area contributed by atoms with E-state index in [4.69, 9.17) is 4.74 Å². The third-order valence-electron chi connectivity index (χ3n) is 2.42. The van der Waals surface area contributed by atoms with Crippen LogP contribution in [0.1, 0.15) is 28.9 Å². The Balaban J connectivity index is 2.48. The normalized spacial score (nSPS) is 24.3. The number of carbonyl (C=O) groups excluding carboxylic acids is 2. The molecule has 0 saturated carbocycles. The second-order valence-corrected chi connectivity index (χ2v) is 3.47. The molecule has 1 aliphatic rings. The van der Waals surface area contributed by atoms with E-state index in [1.54, 1.807) is 24.3 Å². The molecule has 0 saturated heterocycles. The topological polar surface area (TPSA) is 63.6 Å². The van der Waals surface area contributed by atoms with Gasteiger partial charge in [0, 0.05) is 0 Å². The van der Waals surface area contributed by atoms with Crippen LogP contribution < -0.4 is 0 Å². The number of aliphatic hydroxyl groups is 1. The molecule has 0 unspecified atom stereocenters. The van der Waals surface area contributed by atoms with Crippen LogP contribution in [0.4, 0.5) is 0 Å². The summed E-state index contributed by atoms with van der Waals surface area (Å²) in [5.41, 5.74) is 0.774. The summed E-state index contributed by atoms with van der Waals surface area (Å²) < 4.78 is 4.85. The van der Waals surface area contributed by atoms with E-state index in [1.165, 1.54) is 6.92 Å². The molecule has 1 aromatic carbocycles. The minimum absolute atomic E-state index is 0.322. The van der Waals surface area contributed by atoms with Crippen molar-refractivity contribution in [2.75, 3.05) is 0 Å². The molecule has 1 heterocycles. The lowest BCUT2D eigenvalue weighted by atomic mass is 9.94. The number of cyclic esters (lactones) is 1. The number of hydrogen-bond acceptors (Lipinski definition) is 4. The highest BCUT2D eigenvalue weighted by molar-refractivity contribution is 5.96. The third kappa shape index (κ3) is 1.53. The van der Waals surface area contributed by atoms with Gasteiger partial charge in [0.2, 0.25) is 0 Å². The first-order valence-corrected chi connectivity index (χ1v) is 4.59. The van der Waals surface area contributed by atoms with E-state index in [2.05, 4.69) is 0 Å². The van der Waals surface area contributed by atoms with Crippen molar-refractivity contribution in [3.8, 4) is 0 Å². The maximum absolute atomic E-state index is 11.5. The molecule has 0 amide bonds. The summed E-state index contributed by atoms with van der Waals surface area (Å²) in [6, 6.07) is 6.58. The lowest BCUT2D eigenvalue weighted by Gasteiger charge is -2.27. The Morgan fingerprint density at radius 2 is 2.07 bits per heavy atom. The van der Waals surface area contributed by atoms with Crippen molar-refractivity contribution in [2.24, 2.45) is 0 Å². The van der Waals surface area contributed by atoms with Crippen molar-refractivity contribution in [3.63, 3.8) is 0 Å². The number of esters is 1. The maximum Gasteiger partial charge on any atom is 0.339 e. The van der Waals surface area contributed by atoms with Gasteiger partial charge in [0.25, 0.3) is 0 Å². The molecule has 2 atom stereocenters. The number of ketones is 1. The second-order valence-electron chi connectivity index (χ2n) is 3.47. The van der Waals surface area contributed by atoms with Gasteiger partial charge in [0.15, 0.2) is 11.9 Å². The molecule has 15 heavy (non-hydrogen) atoms. The van der Waals surface area contributed by atoms with Gasteiger partial charge in [-0.15, -0.1) is 0 Å². The Kier molecular flexibility index (Phi) is 2.28. The van der Waals surface area contributed by atoms with Crippen molar-refractivity contribution in [2.45, 2.75) is 19.1 Å². The van der Waals surface area contributed by atoms with Gasteiger partial charge >= 0.3 is 5.97 Å². The van der Waals surface area contributed by atoms with E-state index in [-0.39, 0.29) is 5.78 Å². The summed E-state index contributed by atoms with van der Waals surface area (Å²) >= 11 is 0. The molecule has 4 heteroatoms. The van der Waals surface area contributed by atoms with Crippen LogP contribution in [0.25, 0.3) is 0 Å². The van der Waals surface area contributed by atoms with Crippen LogP contribution in [0, 0.1) is 0 Å². The SMILES string of the molecule is CC(=O)[C@@H]1OC(=O)c2ccccc2[C@H]1O. The first-order chi connectivity index (χ1) is 7.11. The summed E-state index contributed by atoms with van der Waals surface area (Å²) in [4.78, 5) is 22.6. The average molecular weight is 206 g/mol. The van der Waals surface area contributed by atoms with Gasteiger partial charge in [0.1, 0.15) is 6.10 Å². The summed E-state index contributed by atoms with van der Waals surface area (Å²) in [7, 11) is 0. The van der Waals surface area contributed by atoms with Crippen LogP contribution in [-0.4, -0.2) is 23.0 Å². The van der Waals surface area contributed by atoms with E-state index < -0.39 is 18.2 Å². The van der Waals surface area contributed by atoms with Crippen molar-refractivity contribution >= 4 is 11.8 Å². The zero-order valence-corrected chi connectivity index (χ0v) is 8.14. The molecular weight excluding hydrogens is 196 g/mol. The van der Waals surface area contributed by atoms with E-state index in [9.17, 15) is 14.7 Å². The smallest absolute Gasteiger partial charge is 0.339 e. The summed E-state index contributed by atoms with van der Waals surface area (Å²) in [5, 5.41) is 9.81. The van der Waals surface area contributed by atoms with Gasteiger partial charge in [-0.25, -0.2) is 4.79 Å². The highest BCUT2D eigenvalue weighted by Gasteiger charge is 2.36. The molecule has 0 fully saturated rings. The third-order valence-corrected chi connectivity index (χ3v) is 2.42. The summed E-state index contributed by atoms with van der Waals surface area (Å²) in [6.07, 6.45) is -2.14. The van der Waals surface area contributed by atoms with Crippen LogP contribution in [0.3, 0.4) is 0 Å². The molecule has 78 valence electrons. The molecule has 0 spiro atoms. The Labute approximate surface area is 86.5 Å². The highest BCUT2D eigenvalue weighted by Crippen LogP contribution is 2.29. The van der Waals surface area contributed by atoms with Crippen LogP contribution in [0.5, 0.6) is 0 Å². The number of rotatable bonds is 1. The molecule has 0 bridgehead atoms. The van der Waals surface area contributed by atoms with E-state index in [0.717, 1.165) is 0 Å². The Bertz CT molecular complexity index is 424. The second kappa shape index (κ2) is 3.47. The van der Waals surface area contributed by atoms with Crippen LogP contribution in [-0.2, 0) is 9.53 Å². The molecule has 4 nitrogen and oxygen atoms in total. The average Bonchev–Trinajstić information content (AvgIpc) is 2.23. The van der Waals surface area contributed by atoms with Crippen molar-refractivity contribution in [3.05, 3.63) is 35.4 Å². The monoisotopic (exact) mass is 206 g/mol. The van der Waals surface area contributed by atoms with Gasteiger partial charge in [-0.1, -0.05) is 18.2 Å². The molecule has 1 N–H and O–H groups in total. The fourth-order valence-corrected chi connectivity index (χ4v) is 1.65. The Morgan fingerprint density at radius 3 is 2.73 bits per heavy atom. The first-order valence-electron chi connectivity index (χ1n) is 4.59. The number of aliphatic hydroxyl groups excluding tert-OH is 1. The minimum Gasteiger partial charge on any atom is -0.448 e. The summed E-state index contributed by atoms with van der Waals surface area (Å²) in [5.74, 6) is -0.915. The maximum atomic E-state index is 11.5. The van der Waals surface area contributed by atoms with E-state index in [1.807, 2.05) is 0 Å². The molecule has 1 aliphatic heterocycles. The highest BCUT2D eigenvalue weighted by atomic mass is 16.6. The van der Waals surface area contributed by atoms with Crippen molar-refractivity contribution in [1.29, 1.82) is 0 Å². The quantitative estimate of drug-likeness (QED) is 0.692. The standard InChI is InChI=1S/C11H10O4/c1-6(12)10-9(13)7-4-2-3-5-8(7)11(14)15-10/h2-5,9-10,13H,1H3/t9-,10+/m1/s1. The summed E-state index contributed by atoms with van der Waals surface area (Å²) in [6.45, 7) is 1.29. The van der Waals surface area contributed by atoms with Crippen LogP contribution in [0.15, 0.2) is 24.3 Å². The fraction of sp³-hybridized carbons (Fsp3) is 0.273. The van der Waals surface area contributed by atoms with E-state index >= 15 is 0 Å². The zero-order chi connectivity index (χ0) is 11.0. The molecule has 0 aromatic heterocycles. The number of fused-ring (bicyclic) bond motifs is 1. The molecule has 0 aliphatic carbocycles. The predicted molar refractivity (Wildman–Crippen MR) is 51.3 cm³/mol. The lowest BCUT2D eigenvalue weighted by molar-refractivity contribution is -0.132. The van der Waals surface area contributed by atoms with Crippen molar-refractivity contribution < 1.29 is 19.4 Å². The van der Waals surface area contributed by atoms with Gasteiger partial charge in [-0.05, 0) is 18.6 Å². The van der Waals surface area contributed by atoms with Crippen molar-refractivity contribution in [1.82, 2.24) is 0 Å². The largest absolute Gasteiger partial charge is 0.448 e. The van der Waals surface area contributed by atoms with Gasteiger partial charge in [0.05, 0.1) is 5.56 Å². The minimum atomic E-state index is -1.08. The number of ether oxygens (including phenoxy) is 1. The predicted octanol–water partition coefficient (Wildman–Crippen LogP) is 0.848. The number of Topliss-reactive ketones (excluding diaryl/α,β-unsaturated/α-hetero) is 1. The number of benzene rings is 1. The zero-order valence-electron chi connectivity index (χ0n) is 8.14. The van der Waals surface area contributed by atoms with Crippen LogP contribution in [0.2, 0.25) is 0 Å². The molecular formula is C11H10O4. The van der Waals surface area contributed by atoms with E-state index in [0.29, 0.717) is 11.1 Å². The van der Waals surface area contributed by atoms with Crippen LogP contribution >= 0.6 is 0 Å². The first kappa shape index (κ1) is 9.86. The van der Waals surface area contributed by atoms with Gasteiger partial charge < -0.3 is 9.84 Å². The molecule has 2 rings (SSSR count). The molecule has 1 aromatic rings. The Hall–Kier alpha value is -1.68. The number of carbonyl (C=O) groups is 2. The lowest BCUT2D eigenvalue weighted by Crippen LogP contribution is -2.36. The van der Waals surface area contributed by atoms with Gasteiger partial charge in [-0.2, -0.15) is 0 Å². The fourth-order valence-electron chi connectivity index (χ4n) is 1.65. The van der Waals surface area contributed by atoms with Gasteiger partial charge in [-0.3, -0.25) is 4.79 Å². The number of hydrogen-bond donors (Lipinski definition) is 1.